The van der Waals surface area contributed by atoms with Gasteiger partial charge in [-0.1, -0.05) is 6.08 Å². The Morgan fingerprint density at radius 2 is 2.32 bits per heavy atom. The highest BCUT2D eigenvalue weighted by Gasteiger charge is 2.20. The maximum Gasteiger partial charge on any atom is 0.303 e. The predicted molar refractivity (Wildman–Crippen MR) is 68.8 cm³/mol. The molecule has 0 amide bonds. The van der Waals surface area contributed by atoms with Crippen molar-refractivity contribution in [2.75, 3.05) is 13.4 Å². The normalized spacial score (nSPS) is 12.2. The molecule has 0 spiro atoms. The monoisotopic (exact) mass is 264 g/mol. The van der Waals surface area contributed by atoms with Crippen LogP contribution in [0.15, 0.2) is 24.8 Å². The topological polar surface area (TPSA) is 65.0 Å². The number of carboxylic acid groups (broad SMARTS) is 1. The summed E-state index contributed by atoms with van der Waals surface area (Å²) in [6.07, 6.45) is 2.95. The summed E-state index contributed by atoms with van der Waals surface area (Å²) < 4.78 is 16.3. The van der Waals surface area contributed by atoms with Gasteiger partial charge in [0.25, 0.3) is 0 Å². The molecule has 2 rings (SSSR count). The number of hydrogen-bond acceptors (Lipinski definition) is 4. The molecular formula is C14H16O5. The Morgan fingerprint density at radius 3 is 3.05 bits per heavy atom. The molecule has 0 atom stereocenters. The lowest BCUT2D eigenvalue weighted by atomic mass is 10.1. The summed E-state index contributed by atoms with van der Waals surface area (Å²) in [5.41, 5.74) is 0.889. The zero-order valence-electron chi connectivity index (χ0n) is 10.6. The van der Waals surface area contributed by atoms with Crippen LogP contribution in [0.25, 0.3) is 0 Å². The third kappa shape index (κ3) is 3.19. The predicted octanol–water partition coefficient (Wildman–Crippen LogP) is 2.39. The van der Waals surface area contributed by atoms with Gasteiger partial charge >= 0.3 is 5.97 Å². The molecular weight excluding hydrogens is 248 g/mol. The maximum absolute atomic E-state index is 10.4. The lowest BCUT2D eigenvalue weighted by molar-refractivity contribution is -0.137. The molecule has 0 aromatic heterocycles. The van der Waals surface area contributed by atoms with Gasteiger partial charge in [-0.2, -0.15) is 0 Å². The standard InChI is InChI=1S/C14H16O5/c1-2-4-10-11(17-8-3-5-13(15)16)6-7-12-14(10)19-9-18-12/h2,6-7H,1,3-5,8-9H2,(H,15,16). The van der Waals surface area contributed by atoms with Gasteiger partial charge < -0.3 is 19.3 Å². The van der Waals surface area contributed by atoms with E-state index in [1.807, 2.05) is 6.07 Å². The Hall–Kier alpha value is -2.17. The Labute approximate surface area is 111 Å². The fourth-order valence-corrected chi connectivity index (χ4v) is 1.89. The van der Waals surface area contributed by atoms with E-state index in [0.29, 0.717) is 36.7 Å². The SMILES string of the molecule is C=CCc1c(OCCCC(=O)O)ccc2c1OCO2. The van der Waals surface area contributed by atoms with E-state index >= 15 is 0 Å². The highest BCUT2D eigenvalue weighted by atomic mass is 16.7. The van der Waals surface area contributed by atoms with Crippen LogP contribution in [-0.2, 0) is 11.2 Å². The quantitative estimate of drug-likeness (QED) is 0.605. The second-order valence-corrected chi connectivity index (χ2v) is 4.11. The summed E-state index contributed by atoms with van der Waals surface area (Å²) in [5.74, 6) is 1.26. The fraction of sp³-hybridized carbons (Fsp3) is 0.357. The third-order valence-electron chi connectivity index (χ3n) is 2.74. The van der Waals surface area contributed by atoms with Crippen LogP contribution in [0.4, 0.5) is 0 Å². The summed E-state index contributed by atoms with van der Waals surface area (Å²) in [5, 5.41) is 8.57. The number of ether oxygens (including phenoxy) is 3. The summed E-state index contributed by atoms with van der Waals surface area (Å²) in [7, 11) is 0. The molecule has 0 saturated carbocycles. The number of benzene rings is 1. The zero-order chi connectivity index (χ0) is 13.7. The van der Waals surface area contributed by atoms with Crippen LogP contribution in [0.3, 0.4) is 0 Å². The molecule has 1 aromatic rings. The molecule has 19 heavy (non-hydrogen) atoms. The number of carboxylic acids is 1. The Morgan fingerprint density at radius 1 is 1.47 bits per heavy atom. The minimum absolute atomic E-state index is 0.0986. The van der Waals surface area contributed by atoms with Crippen LogP contribution in [-0.4, -0.2) is 24.5 Å². The van der Waals surface area contributed by atoms with Gasteiger partial charge in [0.15, 0.2) is 11.5 Å². The van der Waals surface area contributed by atoms with Crippen LogP contribution in [0.1, 0.15) is 18.4 Å². The Kier molecular flexibility index (Phi) is 4.28. The molecule has 5 nitrogen and oxygen atoms in total. The van der Waals surface area contributed by atoms with Crippen LogP contribution in [0.2, 0.25) is 0 Å². The zero-order valence-corrected chi connectivity index (χ0v) is 10.6. The van der Waals surface area contributed by atoms with Gasteiger partial charge in [0.1, 0.15) is 5.75 Å². The molecule has 0 radical (unpaired) electrons. The second kappa shape index (κ2) is 6.13. The molecule has 102 valence electrons. The van der Waals surface area contributed by atoms with Crippen LogP contribution >= 0.6 is 0 Å². The molecule has 1 heterocycles. The largest absolute Gasteiger partial charge is 0.493 e. The summed E-state index contributed by atoms with van der Waals surface area (Å²) >= 11 is 0. The van der Waals surface area contributed by atoms with Crippen molar-refractivity contribution >= 4 is 5.97 Å². The molecule has 1 aromatic carbocycles. The molecule has 1 N–H and O–H groups in total. The van der Waals surface area contributed by atoms with E-state index < -0.39 is 5.97 Å². The molecule has 1 aliphatic heterocycles. The van der Waals surface area contributed by atoms with Crippen molar-refractivity contribution in [3.63, 3.8) is 0 Å². The Bertz CT molecular complexity index is 481. The first kappa shape index (κ1) is 13.3. The average molecular weight is 264 g/mol. The van der Waals surface area contributed by atoms with Gasteiger partial charge in [-0.3, -0.25) is 4.79 Å². The second-order valence-electron chi connectivity index (χ2n) is 4.11. The minimum atomic E-state index is -0.819. The van der Waals surface area contributed by atoms with Gasteiger partial charge in [-0.05, 0) is 25.0 Å². The van der Waals surface area contributed by atoms with Crippen molar-refractivity contribution < 1.29 is 24.1 Å². The number of allylic oxidation sites excluding steroid dienone is 1. The van der Waals surface area contributed by atoms with Gasteiger partial charge in [0.2, 0.25) is 6.79 Å². The van der Waals surface area contributed by atoms with Crippen LogP contribution in [0.5, 0.6) is 17.2 Å². The molecule has 0 bridgehead atoms. The number of rotatable bonds is 7. The van der Waals surface area contributed by atoms with Crippen LogP contribution < -0.4 is 14.2 Å². The number of hydrogen-bond donors (Lipinski definition) is 1. The van der Waals surface area contributed by atoms with Crippen molar-refractivity contribution in [2.45, 2.75) is 19.3 Å². The van der Waals surface area contributed by atoms with Crippen LogP contribution in [0, 0.1) is 0 Å². The minimum Gasteiger partial charge on any atom is -0.493 e. The summed E-state index contributed by atoms with van der Waals surface area (Å²) in [4.78, 5) is 10.4. The lowest BCUT2D eigenvalue weighted by Gasteiger charge is -2.12. The molecule has 5 heteroatoms. The van der Waals surface area contributed by atoms with Crippen molar-refractivity contribution in [2.24, 2.45) is 0 Å². The fourth-order valence-electron chi connectivity index (χ4n) is 1.89. The molecule has 0 aliphatic carbocycles. The summed E-state index contributed by atoms with van der Waals surface area (Å²) in [6.45, 7) is 4.28. The number of carbonyl (C=O) groups is 1. The average Bonchev–Trinajstić information content (AvgIpc) is 2.85. The maximum atomic E-state index is 10.4. The van der Waals surface area contributed by atoms with E-state index in [1.54, 1.807) is 12.1 Å². The van der Waals surface area contributed by atoms with Crippen molar-refractivity contribution in [1.29, 1.82) is 0 Å². The lowest BCUT2D eigenvalue weighted by Crippen LogP contribution is -2.04. The molecule has 1 aliphatic rings. The highest BCUT2D eigenvalue weighted by Crippen LogP contribution is 2.41. The van der Waals surface area contributed by atoms with E-state index in [9.17, 15) is 4.79 Å². The van der Waals surface area contributed by atoms with Crippen molar-refractivity contribution in [1.82, 2.24) is 0 Å². The first-order valence-electron chi connectivity index (χ1n) is 6.09. The van der Waals surface area contributed by atoms with Crippen molar-refractivity contribution in [3.8, 4) is 17.2 Å². The molecule has 0 unspecified atom stereocenters. The number of aliphatic carboxylic acids is 1. The van der Waals surface area contributed by atoms with Gasteiger partial charge in [-0.15, -0.1) is 6.58 Å². The number of fused-ring (bicyclic) bond motifs is 1. The van der Waals surface area contributed by atoms with E-state index in [0.717, 1.165) is 5.56 Å². The summed E-state index contributed by atoms with van der Waals surface area (Å²) in [6, 6.07) is 3.61. The van der Waals surface area contributed by atoms with E-state index in [4.69, 9.17) is 19.3 Å². The molecule has 0 saturated heterocycles. The molecule has 0 fully saturated rings. The van der Waals surface area contributed by atoms with E-state index in [2.05, 4.69) is 6.58 Å². The smallest absolute Gasteiger partial charge is 0.303 e. The first-order valence-corrected chi connectivity index (χ1v) is 6.09. The van der Waals surface area contributed by atoms with Gasteiger partial charge in [0, 0.05) is 12.0 Å². The van der Waals surface area contributed by atoms with E-state index in [-0.39, 0.29) is 13.2 Å². The third-order valence-corrected chi connectivity index (χ3v) is 2.74. The first-order chi connectivity index (χ1) is 9.22. The Balaban J connectivity index is 2.07. The highest BCUT2D eigenvalue weighted by molar-refractivity contribution is 5.66. The van der Waals surface area contributed by atoms with Gasteiger partial charge in [0.05, 0.1) is 6.61 Å². The van der Waals surface area contributed by atoms with E-state index in [1.165, 1.54) is 0 Å². The van der Waals surface area contributed by atoms with Gasteiger partial charge in [-0.25, -0.2) is 0 Å². The van der Waals surface area contributed by atoms with Crippen molar-refractivity contribution in [3.05, 3.63) is 30.4 Å².